The molecular formula is C25H25FN4O4. The average Bonchev–Trinajstić information content (AvgIpc) is 3.30. The molecule has 1 saturated heterocycles. The van der Waals surface area contributed by atoms with E-state index in [2.05, 4.69) is 10.1 Å². The van der Waals surface area contributed by atoms with Crippen LogP contribution in [-0.2, 0) is 9.57 Å². The summed E-state index contributed by atoms with van der Waals surface area (Å²) >= 11 is 0. The van der Waals surface area contributed by atoms with E-state index in [4.69, 9.17) is 14.3 Å². The van der Waals surface area contributed by atoms with E-state index >= 15 is 0 Å². The van der Waals surface area contributed by atoms with Gasteiger partial charge < -0.3 is 28.9 Å². The van der Waals surface area contributed by atoms with Crippen LogP contribution in [0.15, 0.2) is 65.9 Å². The van der Waals surface area contributed by atoms with Gasteiger partial charge in [0.15, 0.2) is 11.9 Å². The lowest BCUT2D eigenvalue weighted by molar-refractivity contribution is -0.0578. The average molecular weight is 464 g/mol. The van der Waals surface area contributed by atoms with Crippen molar-refractivity contribution in [3.8, 4) is 11.4 Å². The molecule has 1 aromatic heterocycles. The topological polar surface area (TPSA) is 81.3 Å². The largest absolute Gasteiger partial charge is 0.495 e. The second kappa shape index (κ2) is 9.18. The lowest BCUT2D eigenvalue weighted by Crippen LogP contribution is -2.50. The van der Waals surface area contributed by atoms with E-state index in [0.717, 1.165) is 22.5 Å². The summed E-state index contributed by atoms with van der Waals surface area (Å²) in [7, 11) is 1.62. The molecule has 3 heterocycles. The number of fused-ring (bicyclic) bond motifs is 1. The van der Waals surface area contributed by atoms with Gasteiger partial charge in [-0.15, -0.1) is 0 Å². The van der Waals surface area contributed by atoms with Crippen LogP contribution in [-0.4, -0.2) is 58.4 Å². The Morgan fingerprint density at radius 1 is 1.24 bits per heavy atom. The maximum Gasteiger partial charge on any atom is 0.211 e. The van der Waals surface area contributed by atoms with Gasteiger partial charge >= 0.3 is 0 Å². The summed E-state index contributed by atoms with van der Waals surface area (Å²) < 4.78 is 27.0. The number of hydrogen-bond donors (Lipinski definition) is 1. The van der Waals surface area contributed by atoms with Gasteiger partial charge in [0.2, 0.25) is 5.84 Å². The highest BCUT2D eigenvalue weighted by Crippen LogP contribution is 2.35. The molecule has 2 aliphatic heterocycles. The molecule has 0 saturated carbocycles. The Morgan fingerprint density at radius 3 is 2.76 bits per heavy atom. The van der Waals surface area contributed by atoms with Crippen LogP contribution in [0, 0.1) is 12.7 Å². The maximum absolute atomic E-state index is 13.5. The van der Waals surface area contributed by atoms with Gasteiger partial charge in [-0.3, -0.25) is 0 Å². The summed E-state index contributed by atoms with van der Waals surface area (Å²) in [5, 5.41) is 14.1. The number of benzene rings is 2. The van der Waals surface area contributed by atoms with Crippen molar-refractivity contribution in [1.29, 1.82) is 0 Å². The second-order valence-electron chi connectivity index (χ2n) is 8.14. The summed E-state index contributed by atoms with van der Waals surface area (Å²) in [6.45, 7) is 2.70. The first-order valence-electron chi connectivity index (χ1n) is 11.0. The molecule has 0 amide bonds. The molecule has 9 heteroatoms. The fourth-order valence-electron chi connectivity index (χ4n) is 4.31. The number of aliphatic hydroxyl groups excluding tert-OH is 1. The van der Waals surface area contributed by atoms with Gasteiger partial charge in [-0.2, -0.15) is 0 Å². The molecule has 0 radical (unpaired) electrons. The zero-order valence-corrected chi connectivity index (χ0v) is 18.9. The minimum absolute atomic E-state index is 0.221. The SMILES string of the molecule is COc1cc(/C=C2\OCCN3C2=NOC(CO)C3c2ccc(F)cc2)ccc1-n1cnc(C)c1. The van der Waals surface area contributed by atoms with Crippen molar-refractivity contribution >= 4 is 11.9 Å². The number of nitrogens with zero attached hydrogens (tertiary/aromatic N) is 4. The Hall–Kier alpha value is -3.85. The predicted molar refractivity (Wildman–Crippen MR) is 124 cm³/mol. The third-order valence-electron chi connectivity index (χ3n) is 5.93. The first-order valence-corrected chi connectivity index (χ1v) is 11.0. The zero-order chi connectivity index (χ0) is 23.7. The Labute approximate surface area is 196 Å². The highest BCUT2D eigenvalue weighted by molar-refractivity contribution is 6.01. The number of methoxy groups -OCH3 is 1. The number of aryl methyl sites for hydroxylation is 1. The highest BCUT2D eigenvalue weighted by Gasteiger charge is 2.40. The molecular weight excluding hydrogens is 439 g/mol. The van der Waals surface area contributed by atoms with Crippen LogP contribution in [0.4, 0.5) is 4.39 Å². The van der Waals surface area contributed by atoms with E-state index in [0.29, 0.717) is 30.5 Å². The van der Waals surface area contributed by atoms with E-state index in [1.54, 1.807) is 25.6 Å². The second-order valence-corrected chi connectivity index (χ2v) is 8.14. The number of oxime groups is 1. The molecule has 0 aliphatic carbocycles. The lowest BCUT2D eigenvalue weighted by atomic mass is 9.98. The number of ether oxygens (including phenoxy) is 2. The van der Waals surface area contributed by atoms with E-state index in [-0.39, 0.29) is 18.5 Å². The quantitative estimate of drug-likeness (QED) is 0.623. The van der Waals surface area contributed by atoms with E-state index in [1.165, 1.54) is 12.1 Å². The first-order chi connectivity index (χ1) is 16.6. The van der Waals surface area contributed by atoms with Gasteiger partial charge in [-0.25, -0.2) is 9.37 Å². The Morgan fingerprint density at radius 2 is 2.06 bits per heavy atom. The third kappa shape index (κ3) is 4.10. The van der Waals surface area contributed by atoms with Crippen LogP contribution in [0.3, 0.4) is 0 Å². The Bertz CT molecular complexity index is 1240. The number of rotatable bonds is 5. The standard InChI is InChI=1S/C25H25FN4O4/c1-16-13-29(15-27-16)20-8-3-17(11-21(20)32-2)12-22-25-28-34-23(14-31)24(30(25)9-10-33-22)18-4-6-19(26)7-5-18/h3-8,11-13,15,23-24,31H,9-10,14H2,1-2H3/b22-12-. The van der Waals surface area contributed by atoms with E-state index in [1.807, 2.05) is 46.9 Å². The third-order valence-corrected chi connectivity index (χ3v) is 5.93. The summed E-state index contributed by atoms with van der Waals surface area (Å²) in [4.78, 5) is 11.9. The van der Waals surface area contributed by atoms with Crippen molar-refractivity contribution in [1.82, 2.24) is 14.5 Å². The van der Waals surface area contributed by atoms with Gasteiger partial charge in [0, 0.05) is 6.20 Å². The van der Waals surface area contributed by atoms with Crippen LogP contribution >= 0.6 is 0 Å². The first kappa shape index (κ1) is 22.0. The number of imidazole rings is 1. The number of morpholine rings is 1. The van der Waals surface area contributed by atoms with Crippen molar-refractivity contribution < 1.29 is 23.8 Å². The molecule has 1 fully saturated rings. The van der Waals surface area contributed by atoms with Crippen molar-refractivity contribution in [3.05, 3.63) is 83.4 Å². The predicted octanol–water partition coefficient (Wildman–Crippen LogP) is 3.45. The minimum atomic E-state index is -0.577. The normalized spacial score (nSPS) is 20.9. The van der Waals surface area contributed by atoms with Gasteiger partial charge in [0.25, 0.3) is 0 Å². The maximum atomic E-state index is 13.5. The van der Waals surface area contributed by atoms with Crippen LogP contribution in [0.5, 0.6) is 5.75 Å². The van der Waals surface area contributed by atoms with Gasteiger partial charge in [-0.05, 0) is 48.4 Å². The molecule has 0 spiro atoms. The number of hydrogen-bond acceptors (Lipinski definition) is 7. The van der Waals surface area contributed by atoms with E-state index < -0.39 is 6.10 Å². The Kier molecular flexibility index (Phi) is 5.93. The van der Waals surface area contributed by atoms with Crippen molar-refractivity contribution in [3.63, 3.8) is 0 Å². The van der Waals surface area contributed by atoms with Crippen LogP contribution in [0.1, 0.15) is 22.9 Å². The summed E-state index contributed by atoms with van der Waals surface area (Å²) in [6.07, 6.45) is 4.97. The lowest BCUT2D eigenvalue weighted by Gasteiger charge is -2.43. The molecule has 1 N–H and O–H groups in total. The molecule has 2 unspecified atom stereocenters. The van der Waals surface area contributed by atoms with Crippen molar-refractivity contribution in [2.75, 3.05) is 26.9 Å². The summed E-state index contributed by atoms with van der Waals surface area (Å²) in [6, 6.07) is 11.7. The summed E-state index contributed by atoms with van der Waals surface area (Å²) in [5.74, 6) is 1.44. The van der Waals surface area contributed by atoms with Crippen LogP contribution in [0.25, 0.3) is 11.8 Å². The molecule has 8 nitrogen and oxygen atoms in total. The van der Waals surface area contributed by atoms with Gasteiger partial charge in [0.05, 0.1) is 44.0 Å². The molecule has 3 aromatic rings. The Balaban J connectivity index is 1.48. The summed E-state index contributed by atoms with van der Waals surface area (Å²) in [5.41, 5.74) is 3.48. The number of halogens is 1. The van der Waals surface area contributed by atoms with Crippen LogP contribution in [0.2, 0.25) is 0 Å². The minimum Gasteiger partial charge on any atom is -0.495 e. The highest BCUT2D eigenvalue weighted by atomic mass is 19.1. The number of aliphatic hydroxyl groups is 1. The molecule has 176 valence electrons. The molecule has 2 atom stereocenters. The monoisotopic (exact) mass is 464 g/mol. The molecule has 2 aromatic carbocycles. The smallest absolute Gasteiger partial charge is 0.211 e. The van der Waals surface area contributed by atoms with Crippen LogP contribution < -0.4 is 4.74 Å². The zero-order valence-electron chi connectivity index (χ0n) is 18.9. The molecule has 0 bridgehead atoms. The number of aromatic nitrogens is 2. The van der Waals surface area contributed by atoms with Crippen molar-refractivity contribution in [2.45, 2.75) is 19.1 Å². The van der Waals surface area contributed by atoms with Gasteiger partial charge in [0.1, 0.15) is 18.2 Å². The molecule has 5 rings (SSSR count). The fraction of sp³-hybridized carbons (Fsp3) is 0.280. The molecule has 2 aliphatic rings. The van der Waals surface area contributed by atoms with Crippen molar-refractivity contribution in [2.24, 2.45) is 5.16 Å². The number of amidine groups is 1. The van der Waals surface area contributed by atoms with Gasteiger partial charge in [-0.1, -0.05) is 23.4 Å². The molecule has 34 heavy (non-hydrogen) atoms. The fourth-order valence-corrected chi connectivity index (χ4v) is 4.31. The van der Waals surface area contributed by atoms with E-state index in [9.17, 15) is 9.50 Å².